The first-order valence-electron chi connectivity index (χ1n) is 7.62. The molecular weight excluding hydrogens is 300 g/mol. The Hall–Kier alpha value is -2.37. The lowest BCUT2D eigenvalue weighted by molar-refractivity contribution is 0.163. The Labute approximate surface area is 133 Å². The Morgan fingerprint density at radius 3 is 2.61 bits per heavy atom. The maximum atomic E-state index is 13.6. The minimum Gasteiger partial charge on any atom is -0.487 e. The van der Waals surface area contributed by atoms with E-state index in [9.17, 15) is 8.78 Å². The number of aromatic nitrogens is 1. The van der Waals surface area contributed by atoms with Gasteiger partial charge in [0.05, 0.1) is 5.69 Å². The van der Waals surface area contributed by atoms with Crippen molar-refractivity contribution >= 4 is 11.5 Å². The summed E-state index contributed by atoms with van der Waals surface area (Å²) in [6.07, 6.45) is 1.36. The number of hydrogen-bond donors (Lipinski definition) is 1. The molecule has 2 aromatic rings. The molecule has 1 aromatic carbocycles. The number of nitrogens with two attached hydrogens (primary N) is 1. The summed E-state index contributed by atoms with van der Waals surface area (Å²) in [7, 11) is 0. The number of benzene rings is 1. The summed E-state index contributed by atoms with van der Waals surface area (Å²) in [5, 5.41) is 0. The summed E-state index contributed by atoms with van der Waals surface area (Å²) in [6.45, 7) is 3.39. The number of nitrogen functional groups attached to an aromatic ring is 1. The molecule has 4 nitrogen and oxygen atoms in total. The molecule has 23 heavy (non-hydrogen) atoms. The van der Waals surface area contributed by atoms with Gasteiger partial charge in [0.1, 0.15) is 11.9 Å². The van der Waals surface area contributed by atoms with E-state index in [0.29, 0.717) is 5.69 Å². The zero-order valence-electron chi connectivity index (χ0n) is 12.9. The molecule has 1 saturated heterocycles. The number of ether oxygens (including phenoxy) is 1. The van der Waals surface area contributed by atoms with Crippen LogP contribution in [0.15, 0.2) is 30.3 Å². The summed E-state index contributed by atoms with van der Waals surface area (Å²) in [6, 6.07) is 7.10. The molecule has 0 amide bonds. The highest BCUT2D eigenvalue weighted by molar-refractivity contribution is 5.63. The van der Waals surface area contributed by atoms with Crippen LogP contribution in [0.1, 0.15) is 18.5 Å². The second-order valence-electron chi connectivity index (χ2n) is 5.74. The van der Waals surface area contributed by atoms with Crippen molar-refractivity contribution in [3.63, 3.8) is 0 Å². The predicted octanol–water partition coefficient (Wildman–Crippen LogP) is 3.30. The molecule has 1 aliphatic heterocycles. The van der Waals surface area contributed by atoms with Crippen LogP contribution in [0.3, 0.4) is 0 Å². The molecule has 1 aromatic heterocycles. The maximum Gasteiger partial charge on any atom is 0.167 e. The van der Waals surface area contributed by atoms with Crippen molar-refractivity contribution in [2.45, 2.75) is 25.9 Å². The molecule has 0 unspecified atom stereocenters. The van der Waals surface area contributed by atoms with E-state index in [2.05, 4.69) is 9.88 Å². The fraction of sp³-hybridized carbons (Fsp3) is 0.353. The third-order valence-corrected chi connectivity index (χ3v) is 3.97. The van der Waals surface area contributed by atoms with Gasteiger partial charge >= 0.3 is 0 Å². The fourth-order valence-electron chi connectivity index (χ4n) is 2.74. The van der Waals surface area contributed by atoms with Gasteiger partial charge in [-0.3, -0.25) is 0 Å². The number of hydrogen-bond acceptors (Lipinski definition) is 4. The molecule has 0 radical (unpaired) electrons. The van der Waals surface area contributed by atoms with Gasteiger partial charge in [-0.15, -0.1) is 0 Å². The first-order valence-corrected chi connectivity index (χ1v) is 7.62. The van der Waals surface area contributed by atoms with E-state index in [1.54, 1.807) is 0 Å². The van der Waals surface area contributed by atoms with Crippen LogP contribution in [0.25, 0.3) is 0 Å². The molecule has 0 aliphatic carbocycles. The van der Waals surface area contributed by atoms with Crippen molar-refractivity contribution in [1.82, 2.24) is 4.98 Å². The van der Waals surface area contributed by atoms with Crippen molar-refractivity contribution in [2.75, 3.05) is 23.7 Å². The lowest BCUT2D eigenvalue weighted by Gasteiger charge is -2.33. The van der Waals surface area contributed by atoms with Gasteiger partial charge in [-0.1, -0.05) is 0 Å². The SMILES string of the molecule is Cc1ccc(N)c(N2CCC(Oc3ccc(F)cc3F)CC2)n1. The number of pyridine rings is 1. The molecule has 0 bridgehead atoms. The molecular formula is C17H19F2N3O. The minimum absolute atomic E-state index is 0.0954. The predicted molar refractivity (Wildman–Crippen MR) is 85.6 cm³/mol. The van der Waals surface area contributed by atoms with Gasteiger partial charge in [0.15, 0.2) is 17.4 Å². The minimum atomic E-state index is -0.669. The second-order valence-corrected chi connectivity index (χ2v) is 5.74. The van der Waals surface area contributed by atoms with E-state index in [1.807, 2.05) is 19.1 Å². The van der Waals surface area contributed by atoms with Crippen molar-refractivity contribution < 1.29 is 13.5 Å². The topological polar surface area (TPSA) is 51.4 Å². The lowest BCUT2D eigenvalue weighted by atomic mass is 10.1. The molecule has 2 N–H and O–H groups in total. The first-order chi connectivity index (χ1) is 11.0. The van der Waals surface area contributed by atoms with E-state index in [1.165, 1.54) is 12.1 Å². The summed E-state index contributed by atoms with van der Waals surface area (Å²) < 4.78 is 32.2. The zero-order chi connectivity index (χ0) is 16.4. The molecule has 2 heterocycles. The molecule has 1 fully saturated rings. The highest BCUT2D eigenvalue weighted by atomic mass is 19.1. The van der Waals surface area contributed by atoms with Crippen LogP contribution < -0.4 is 15.4 Å². The van der Waals surface area contributed by atoms with Crippen LogP contribution in [0.5, 0.6) is 5.75 Å². The third-order valence-electron chi connectivity index (χ3n) is 3.97. The van der Waals surface area contributed by atoms with Crippen LogP contribution in [-0.4, -0.2) is 24.2 Å². The highest BCUT2D eigenvalue weighted by Gasteiger charge is 2.23. The number of anilines is 2. The second kappa shape index (κ2) is 6.40. The molecule has 3 rings (SSSR count). The first kappa shape index (κ1) is 15.5. The third kappa shape index (κ3) is 3.52. The Morgan fingerprint density at radius 1 is 1.17 bits per heavy atom. The molecule has 0 atom stereocenters. The number of piperidine rings is 1. The van der Waals surface area contributed by atoms with E-state index in [-0.39, 0.29) is 11.9 Å². The van der Waals surface area contributed by atoms with Gasteiger partial charge in [0.2, 0.25) is 0 Å². The van der Waals surface area contributed by atoms with Gasteiger partial charge in [-0.05, 0) is 31.2 Å². The molecule has 0 saturated carbocycles. The van der Waals surface area contributed by atoms with Crippen molar-refractivity contribution in [3.05, 3.63) is 47.7 Å². The Morgan fingerprint density at radius 2 is 1.91 bits per heavy atom. The van der Waals surface area contributed by atoms with Crippen LogP contribution in [0.2, 0.25) is 0 Å². The fourth-order valence-corrected chi connectivity index (χ4v) is 2.74. The summed E-state index contributed by atoms with van der Waals surface area (Å²) in [5.74, 6) is -0.392. The Kier molecular flexibility index (Phi) is 4.32. The largest absolute Gasteiger partial charge is 0.487 e. The van der Waals surface area contributed by atoms with Crippen LogP contribution in [-0.2, 0) is 0 Å². The number of halogens is 2. The highest BCUT2D eigenvalue weighted by Crippen LogP contribution is 2.27. The van der Waals surface area contributed by atoms with E-state index in [4.69, 9.17) is 10.5 Å². The summed E-state index contributed by atoms with van der Waals surface area (Å²) >= 11 is 0. The van der Waals surface area contributed by atoms with E-state index >= 15 is 0 Å². The molecule has 0 spiro atoms. The zero-order valence-corrected chi connectivity index (χ0v) is 12.9. The van der Waals surface area contributed by atoms with Gasteiger partial charge in [-0.2, -0.15) is 0 Å². The maximum absolute atomic E-state index is 13.6. The smallest absolute Gasteiger partial charge is 0.167 e. The Balaban J connectivity index is 1.63. The van der Waals surface area contributed by atoms with Gasteiger partial charge in [-0.25, -0.2) is 13.8 Å². The number of rotatable bonds is 3. The van der Waals surface area contributed by atoms with Gasteiger partial charge in [0.25, 0.3) is 0 Å². The van der Waals surface area contributed by atoms with Crippen molar-refractivity contribution in [3.8, 4) is 5.75 Å². The molecule has 1 aliphatic rings. The number of nitrogens with zero attached hydrogens (tertiary/aromatic N) is 2. The summed E-state index contributed by atoms with van der Waals surface area (Å²) in [5.41, 5.74) is 7.56. The van der Waals surface area contributed by atoms with Gasteiger partial charge < -0.3 is 15.4 Å². The molecule has 122 valence electrons. The normalized spacial score (nSPS) is 15.7. The van der Waals surface area contributed by atoms with Crippen molar-refractivity contribution in [1.29, 1.82) is 0 Å². The average Bonchev–Trinajstić information content (AvgIpc) is 2.53. The average molecular weight is 319 g/mol. The van der Waals surface area contributed by atoms with Crippen LogP contribution >= 0.6 is 0 Å². The number of aryl methyl sites for hydroxylation is 1. The van der Waals surface area contributed by atoms with Crippen LogP contribution in [0, 0.1) is 18.6 Å². The van der Waals surface area contributed by atoms with Gasteiger partial charge in [0, 0.05) is 37.7 Å². The van der Waals surface area contributed by atoms with Crippen molar-refractivity contribution in [2.24, 2.45) is 0 Å². The van der Waals surface area contributed by atoms with E-state index < -0.39 is 11.6 Å². The summed E-state index contributed by atoms with van der Waals surface area (Å²) in [4.78, 5) is 6.60. The monoisotopic (exact) mass is 319 g/mol. The van der Waals surface area contributed by atoms with E-state index in [0.717, 1.165) is 43.5 Å². The van der Waals surface area contributed by atoms with Crippen LogP contribution in [0.4, 0.5) is 20.3 Å². The lowest BCUT2D eigenvalue weighted by Crippen LogP contribution is -2.39. The standard InChI is InChI=1S/C17H19F2N3O/c1-11-2-4-15(20)17(21-11)22-8-6-13(7-9-22)23-16-5-3-12(18)10-14(16)19/h2-5,10,13H,6-9,20H2,1H3. The Bertz CT molecular complexity index is 700. The quantitative estimate of drug-likeness (QED) is 0.943. The molecule has 6 heteroatoms.